The molecular formula is C14H24N4O. The lowest BCUT2D eigenvalue weighted by Gasteiger charge is -2.31. The van der Waals surface area contributed by atoms with Gasteiger partial charge in [0.05, 0.1) is 17.0 Å². The summed E-state index contributed by atoms with van der Waals surface area (Å²) in [4.78, 5) is 12.3. The predicted molar refractivity (Wildman–Crippen MR) is 75.9 cm³/mol. The lowest BCUT2D eigenvalue weighted by molar-refractivity contribution is 0.0897. The highest BCUT2D eigenvalue weighted by atomic mass is 16.1. The van der Waals surface area contributed by atoms with Crippen molar-refractivity contribution in [3.8, 4) is 0 Å². The highest BCUT2D eigenvalue weighted by Gasteiger charge is 2.26. The zero-order valence-electron chi connectivity index (χ0n) is 12.4. The Balaban J connectivity index is 2.91. The molecule has 1 rings (SSSR count). The van der Waals surface area contributed by atoms with Crippen LogP contribution in [0.15, 0.2) is 6.07 Å². The molecule has 19 heavy (non-hydrogen) atoms. The zero-order valence-corrected chi connectivity index (χ0v) is 12.4. The number of rotatable bonds is 4. The monoisotopic (exact) mass is 264 g/mol. The van der Waals surface area contributed by atoms with Gasteiger partial charge >= 0.3 is 0 Å². The molecule has 1 heterocycles. The molecule has 0 radical (unpaired) electrons. The molecule has 0 aliphatic rings. The average molecular weight is 264 g/mol. The minimum absolute atomic E-state index is 0.0293. The molecule has 5 nitrogen and oxygen atoms in total. The second kappa shape index (κ2) is 6.10. The summed E-state index contributed by atoms with van der Waals surface area (Å²) in [6.07, 6.45) is 0.756. The Morgan fingerprint density at radius 3 is 2.53 bits per heavy atom. The van der Waals surface area contributed by atoms with Crippen molar-refractivity contribution in [2.75, 3.05) is 6.54 Å². The van der Waals surface area contributed by atoms with Crippen molar-refractivity contribution in [1.82, 2.24) is 15.5 Å². The molecule has 1 unspecified atom stereocenters. The number of aromatic nitrogens is 2. The van der Waals surface area contributed by atoms with Crippen LogP contribution in [0.5, 0.6) is 0 Å². The summed E-state index contributed by atoms with van der Waals surface area (Å²) < 4.78 is 0. The second-order valence-electron chi connectivity index (χ2n) is 5.95. The maximum atomic E-state index is 12.3. The molecule has 5 heteroatoms. The van der Waals surface area contributed by atoms with E-state index in [9.17, 15) is 4.79 Å². The fraction of sp³-hybridized carbons (Fsp3) is 0.643. The number of aryl methyl sites for hydroxylation is 2. The summed E-state index contributed by atoms with van der Waals surface area (Å²) in [5.74, 6) is -0.108. The maximum Gasteiger partial charge on any atom is 0.253 e. The third-order valence-electron chi connectivity index (χ3n) is 3.15. The number of nitrogens with two attached hydrogens (primary N) is 1. The fourth-order valence-corrected chi connectivity index (χ4v) is 1.90. The first-order valence-corrected chi connectivity index (χ1v) is 6.57. The van der Waals surface area contributed by atoms with E-state index in [1.54, 1.807) is 13.0 Å². The molecule has 1 atom stereocenters. The Labute approximate surface area is 115 Å². The number of amides is 1. The molecule has 0 aliphatic carbocycles. The molecule has 0 saturated carbocycles. The number of nitrogens with one attached hydrogen (secondary N) is 1. The molecule has 3 N–H and O–H groups in total. The minimum Gasteiger partial charge on any atom is -0.349 e. The van der Waals surface area contributed by atoms with E-state index in [1.807, 2.05) is 6.92 Å². The van der Waals surface area contributed by atoms with Crippen LogP contribution >= 0.6 is 0 Å². The molecule has 0 bridgehead atoms. The van der Waals surface area contributed by atoms with Crippen molar-refractivity contribution in [2.24, 2.45) is 11.1 Å². The van der Waals surface area contributed by atoms with Crippen molar-refractivity contribution < 1.29 is 4.79 Å². The molecule has 0 fully saturated rings. The number of carbonyl (C=O) groups excluding carboxylic acids is 1. The van der Waals surface area contributed by atoms with Gasteiger partial charge in [-0.05, 0) is 38.3 Å². The summed E-state index contributed by atoms with van der Waals surface area (Å²) in [7, 11) is 0. The Kier molecular flexibility index (Phi) is 5.00. The van der Waals surface area contributed by atoms with Gasteiger partial charge in [-0.3, -0.25) is 4.79 Å². The van der Waals surface area contributed by atoms with E-state index in [2.05, 4.69) is 36.3 Å². The molecule has 1 aromatic heterocycles. The van der Waals surface area contributed by atoms with Crippen LogP contribution in [0.4, 0.5) is 0 Å². The molecule has 0 aromatic carbocycles. The Bertz CT molecular complexity index is 451. The minimum atomic E-state index is -0.108. The molecule has 0 spiro atoms. The van der Waals surface area contributed by atoms with E-state index in [-0.39, 0.29) is 17.4 Å². The Morgan fingerprint density at radius 2 is 2.00 bits per heavy atom. The third-order valence-corrected chi connectivity index (χ3v) is 3.15. The van der Waals surface area contributed by atoms with E-state index < -0.39 is 0 Å². The number of carbonyl (C=O) groups is 1. The summed E-state index contributed by atoms with van der Waals surface area (Å²) in [5, 5.41) is 11.0. The average Bonchev–Trinajstić information content (AvgIpc) is 2.30. The highest BCUT2D eigenvalue weighted by Crippen LogP contribution is 2.22. The van der Waals surface area contributed by atoms with Gasteiger partial charge in [0.15, 0.2) is 0 Å². The normalized spacial score (nSPS) is 13.2. The van der Waals surface area contributed by atoms with E-state index in [0.29, 0.717) is 17.8 Å². The Hall–Kier alpha value is -1.49. The standard InChI is InChI=1S/C14H24N4O/c1-9-8-11(10(2)18-17-9)13(19)16-12(6-7-15)14(3,4)5/h8,12H,6-7,15H2,1-5H3,(H,16,19). The van der Waals surface area contributed by atoms with E-state index in [0.717, 1.165) is 12.1 Å². The molecule has 0 aliphatic heterocycles. The number of hydrogen-bond acceptors (Lipinski definition) is 4. The smallest absolute Gasteiger partial charge is 0.253 e. The van der Waals surface area contributed by atoms with Gasteiger partial charge in [-0.25, -0.2) is 0 Å². The van der Waals surface area contributed by atoms with Crippen LogP contribution in [0.1, 0.15) is 48.9 Å². The fourth-order valence-electron chi connectivity index (χ4n) is 1.90. The maximum absolute atomic E-state index is 12.3. The first-order chi connectivity index (χ1) is 8.75. The SMILES string of the molecule is Cc1cc(C(=O)NC(CCN)C(C)(C)C)c(C)nn1. The largest absolute Gasteiger partial charge is 0.349 e. The van der Waals surface area contributed by atoms with Crippen molar-refractivity contribution >= 4 is 5.91 Å². The number of hydrogen-bond donors (Lipinski definition) is 2. The second-order valence-corrected chi connectivity index (χ2v) is 5.95. The van der Waals surface area contributed by atoms with E-state index in [4.69, 9.17) is 5.73 Å². The lowest BCUT2D eigenvalue weighted by Crippen LogP contribution is -2.45. The van der Waals surface area contributed by atoms with Gasteiger partial charge in [0.2, 0.25) is 0 Å². The molecule has 106 valence electrons. The molecule has 1 amide bonds. The van der Waals surface area contributed by atoms with Gasteiger partial charge in [-0.15, -0.1) is 0 Å². The first kappa shape index (κ1) is 15.6. The quantitative estimate of drug-likeness (QED) is 0.865. The van der Waals surface area contributed by atoms with Crippen LogP contribution in [0.25, 0.3) is 0 Å². The predicted octanol–water partition coefficient (Wildman–Crippen LogP) is 1.59. The van der Waals surface area contributed by atoms with Crippen LogP contribution in [-0.4, -0.2) is 28.7 Å². The highest BCUT2D eigenvalue weighted by molar-refractivity contribution is 5.95. The van der Waals surface area contributed by atoms with Gasteiger partial charge in [0.1, 0.15) is 0 Å². The molecule has 0 saturated heterocycles. The van der Waals surface area contributed by atoms with Crippen molar-refractivity contribution in [3.05, 3.63) is 23.0 Å². The molecular weight excluding hydrogens is 240 g/mol. The van der Waals surface area contributed by atoms with Crippen LogP contribution in [0.3, 0.4) is 0 Å². The van der Waals surface area contributed by atoms with Gasteiger partial charge in [-0.2, -0.15) is 10.2 Å². The third kappa shape index (κ3) is 4.28. The summed E-state index contributed by atoms with van der Waals surface area (Å²) in [6, 6.07) is 1.80. The zero-order chi connectivity index (χ0) is 14.6. The van der Waals surface area contributed by atoms with Crippen LogP contribution in [-0.2, 0) is 0 Å². The number of nitrogens with zero attached hydrogens (tertiary/aromatic N) is 2. The van der Waals surface area contributed by atoms with E-state index in [1.165, 1.54) is 0 Å². The van der Waals surface area contributed by atoms with Crippen LogP contribution < -0.4 is 11.1 Å². The topological polar surface area (TPSA) is 80.9 Å². The first-order valence-electron chi connectivity index (χ1n) is 6.57. The van der Waals surface area contributed by atoms with Gasteiger partial charge in [0, 0.05) is 6.04 Å². The Morgan fingerprint density at radius 1 is 1.37 bits per heavy atom. The summed E-state index contributed by atoms with van der Waals surface area (Å²) in [5.41, 5.74) is 7.55. The van der Waals surface area contributed by atoms with Crippen LogP contribution in [0, 0.1) is 19.3 Å². The van der Waals surface area contributed by atoms with Gasteiger partial charge in [0.25, 0.3) is 5.91 Å². The van der Waals surface area contributed by atoms with Crippen molar-refractivity contribution in [2.45, 2.75) is 47.1 Å². The lowest BCUT2D eigenvalue weighted by atomic mass is 9.84. The van der Waals surface area contributed by atoms with Gasteiger partial charge < -0.3 is 11.1 Å². The van der Waals surface area contributed by atoms with Crippen molar-refractivity contribution in [1.29, 1.82) is 0 Å². The van der Waals surface area contributed by atoms with Gasteiger partial charge in [-0.1, -0.05) is 20.8 Å². The van der Waals surface area contributed by atoms with E-state index >= 15 is 0 Å². The van der Waals surface area contributed by atoms with Crippen LogP contribution in [0.2, 0.25) is 0 Å². The summed E-state index contributed by atoms with van der Waals surface area (Å²) in [6.45, 7) is 10.4. The summed E-state index contributed by atoms with van der Waals surface area (Å²) >= 11 is 0. The van der Waals surface area contributed by atoms with Crippen molar-refractivity contribution in [3.63, 3.8) is 0 Å². The molecule has 1 aromatic rings.